The summed E-state index contributed by atoms with van der Waals surface area (Å²) in [6, 6.07) is 5.16. The summed E-state index contributed by atoms with van der Waals surface area (Å²) < 4.78 is 5.32. The Labute approximate surface area is 183 Å². The van der Waals surface area contributed by atoms with Crippen LogP contribution in [-0.2, 0) is 17.6 Å². The molecule has 2 atom stereocenters. The molecule has 3 aromatic rings. The summed E-state index contributed by atoms with van der Waals surface area (Å²) in [4.78, 5) is 24.3. The van der Waals surface area contributed by atoms with Gasteiger partial charge in [0.05, 0.1) is 18.0 Å². The molecule has 0 bridgehead atoms. The molecule has 5 nitrogen and oxygen atoms in total. The van der Waals surface area contributed by atoms with Crippen LogP contribution in [0.25, 0.3) is 10.2 Å². The van der Waals surface area contributed by atoms with Gasteiger partial charge in [0.15, 0.2) is 0 Å². The number of hydrogen-bond donors (Lipinski definition) is 1. The molecule has 1 N–H and O–H groups in total. The molecule has 29 heavy (non-hydrogen) atoms. The first kappa shape index (κ1) is 20.4. The fourth-order valence-electron chi connectivity index (χ4n) is 3.57. The number of amides is 1. The number of aromatic nitrogens is 2. The first-order valence-corrected chi connectivity index (χ1v) is 11.6. The van der Waals surface area contributed by atoms with Crippen LogP contribution in [0.1, 0.15) is 30.7 Å². The van der Waals surface area contributed by atoms with Crippen molar-refractivity contribution in [2.24, 2.45) is 5.92 Å². The van der Waals surface area contributed by atoms with Crippen molar-refractivity contribution >= 4 is 56.5 Å². The summed E-state index contributed by atoms with van der Waals surface area (Å²) in [7, 11) is 1.56. The van der Waals surface area contributed by atoms with E-state index in [1.165, 1.54) is 28.6 Å². The van der Waals surface area contributed by atoms with Gasteiger partial charge < -0.3 is 10.1 Å². The second-order valence-corrected chi connectivity index (χ2v) is 10.2. The van der Waals surface area contributed by atoms with E-state index in [4.69, 9.17) is 16.3 Å². The number of halogens is 1. The number of hydrogen-bond acceptors (Lipinski definition) is 6. The smallest absolute Gasteiger partial charge is 0.237 e. The highest BCUT2D eigenvalue weighted by Crippen LogP contribution is 2.41. The fourth-order valence-corrected chi connectivity index (χ4v) is 6.10. The molecule has 0 saturated carbocycles. The number of thiophene rings is 1. The van der Waals surface area contributed by atoms with Crippen molar-refractivity contribution in [3.05, 3.63) is 40.0 Å². The van der Waals surface area contributed by atoms with E-state index >= 15 is 0 Å². The summed E-state index contributed by atoms with van der Waals surface area (Å²) in [5.74, 6) is 1.16. The molecule has 0 saturated heterocycles. The lowest BCUT2D eigenvalue weighted by Crippen LogP contribution is -2.23. The number of methoxy groups -OCH3 is 1. The third-order valence-electron chi connectivity index (χ3n) is 5.13. The first-order valence-electron chi connectivity index (χ1n) is 9.52. The van der Waals surface area contributed by atoms with Crippen LogP contribution in [0.2, 0.25) is 5.02 Å². The van der Waals surface area contributed by atoms with Crippen LogP contribution in [0.15, 0.2) is 29.6 Å². The molecular weight excluding hydrogens is 426 g/mol. The van der Waals surface area contributed by atoms with Crippen LogP contribution in [0.3, 0.4) is 0 Å². The number of nitrogens with zero attached hydrogens (tertiary/aromatic N) is 2. The number of aryl methyl sites for hydroxylation is 1. The Morgan fingerprint density at radius 3 is 3.03 bits per heavy atom. The van der Waals surface area contributed by atoms with Gasteiger partial charge in [-0.3, -0.25) is 4.79 Å². The lowest BCUT2D eigenvalue weighted by atomic mass is 9.89. The Morgan fingerprint density at radius 1 is 1.41 bits per heavy atom. The van der Waals surface area contributed by atoms with Crippen LogP contribution in [0.5, 0.6) is 5.75 Å². The van der Waals surface area contributed by atoms with Gasteiger partial charge in [-0.1, -0.05) is 30.3 Å². The third kappa shape index (κ3) is 4.22. The standard InChI is InChI=1S/C21H22ClN3O2S2/c1-11-4-6-14-17(8-11)29-21-18(14)20(23-10-24-21)28-12(2)19(26)25-15-9-13(22)5-7-16(15)27-3/h5,7,9-12H,4,6,8H2,1-3H3,(H,25,26)/t11-,12-/m0/s1. The molecule has 0 spiro atoms. The van der Waals surface area contributed by atoms with Crippen molar-refractivity contribution in [3.63, 3.8) is 0 Å². The Bertz CT molecular complexity index is 1070. The Balaban J connectivity index is 1.57. The van der Waals surface area contributed by atoms with Crippen molar-refractivity contribution in [2.75, 3.05) is 12.4 Å². The fraction of sp³-hybridized carbons (Fsp3) is 0.381. The molecule has 2 aromatic heterocycles. The number of rotatable bonds is 5. The van der Waals surface area contributed by atoms with Gasteiger partial charge in [0.25, 0.3) is 0 Å². The van der Waals surface area contributed by atoms with E-state index in [0.29, 0.717) is 22.4 Å². The number of nitrogens with one attached hydrogen (secondary N) is 1. The Kier molecular flexibility index (Phi) is 5.99. The molecule has 1 aromatic carbocycles. The van der Waals surface area contributed by atoms with E-state index in [1.807, 2.05) is 6.92 Å². The third-order valence-corrected chi connectivity index (χ3v) is 7.63. The van der Waals surface area contributed by atoms with Crippen LogP contribution in [0, 0.1) is 5.92 Å². The molecule has 0 fully saturated rings. The van der Waals surface area contributed by atoms with Gasteiger partial charge in [-0.25, -0.2) is 9.97 Å². The minimum atomic E-state index is -0.338. The minimum absolute atomic E-state index is 0.125. The highest BCUT2D eigenvalue weighted by atomic mass is 35.5. The molecule has 1 aliphatic rings. The van der Waals surface area contributed by atoms with E-state index in [9.17, 15) is 4.79 Å². The largest absolute Gasteiger partial charge is 0.495 e. The molecule has 8 heteroatoms. The average molecular weight is 448 g/mol. The van der Waals surface area contributed by atoms with Crippen LogP contribution in [-0.4, -0.2) is 28.2 Å². The summed E-state index contributed by atoms with van der Waals surface area (Å²) in [5.41, 5.74) is 1.93. The monoisotopic (exact) mass is 447 g/mol. The summed E-state index contributed by atoms with van der Waals surface area (Å²) in [6.45, 7) is 4.18. The molecular formula is C21H22ClN3O2S2. The van der Waals surface area contributed by atoms with Gasteiger partial charge in [0.1, 0.15) is 21.9 Å². The summed E-state index contributed by atoms with van der Waals surface area (Å²) in [5, 5.41) is 5.13. The number of thioether (sulfide) groups is 1. The second-order valence-electron chi connectivity index (χ2n) is 7.30. The van der Waals surface area contributed by atoms with Gasteiger partial charge >= 0.3 is 0 Å². The number of benzene rings is 1. The SMILES string of the molecule is COc1ccc(Cl)cc1NC(=O)[C@H](C)Sc1ncnc2sc3c(c12)CC[C@H](C)C3. The highest BCUT2D eigenvalue weighted by molar-refractivity contribution is 8.00. The number of fused-ring (bicyclic) bond motifs is 3. The van der Waals surface area contributed by atoms with E-state index in [1.54, 1.807) is 43.0 Å². The molecule has 4 rings (SSSR count). The average Bonchev–Trinajstić information content (AvgIpc) is 3.06. The van der Waals surface area contributed by atoms with Crippen molar-refractivity contribution < 1.29 is 9.53 Å². The number of ether oxygens (including phenoxy) is 1. The normalized spacial score (nSPS) is 17.0. The van der Waals surface area contributed by atoms with Crippen LogP contribution >= 0.6 is 34.7 Å². The van der Waals surface area contributed by atoms with Crippen molar-refractivity contribution in [3.8, 4) is 5.75 Å². The summed E-state index contributed by atoms with van der Waals surface area (Å²) in [6.07, 6.45) is 4.94. The number of carbonyl (C=O) groups is 1. The molecule has 0 aliphatic heterocycles. The predicted octanol–water partition coefficient (Wildman–Crippen LogP) is 5.60. The second kappa shape index (κ2) is 8.50. The zero-order chi connectivity index (χ0) is 20.5. The number of anilines is 1. The summed E-state index contributed by atoms with van der Waals surface area (Å²) >= 11 is 9.30. The number of carbonyl (C=O) groups excluding carboxylic acids is 1. The first-order chi connectivity index (χ1) is 14.0. The van der Waals surface area contributed by atoms with Crippen molar-refractivity contribution in [1.82, 2.24) is 9.97 Å². The van der Waals surface area contributed by atoms with E-state index in [2.05, 4.69) is 22.2 Å². The highest BCUT2D eigenvalue weighted by Gasteiger charge is 2.25. The van der Waals surface area contributed by atoms with E-state index in [-0.39, 0.29) is 11.2 Å². The van der Waals surface area contributed by atoms with Gasteiger partial charge in [-0.05, 0) is 55.9 Å². The van der Waals surface area contributed by atoms with Crippen molar-refractivity contribution in [1.29, 1.82) is 0 Å². The van der Waals surface area contributed by atoms with Crippen LogP contribution in [0.4, 0.5) is 5.69 Å². The maximum absolute atomic E-state index is 12.8. The Hall–Kier alpha value is -1.83. The molecule has 0 unspecified atom stereocenters. The maximum Gasteiger partial charge on any atom is 0.237 e. The quantitative estimate of drug-likeness (QED) is 0.407. The minimum Gasteiger partial charge on any atom is -0.495 e. The lowest BCUT2D eigenvalue weighted by Gasteiger charge is -2.18. The maximum atomic E-state index is 12.8. The molecule has 2 heterocycles. The van der Waals surface area contributed by atoms with Gasteiger partial charge in [0.2, 0.25) is 5.91 Å². The topological polar surface area (TPSA) is 64.1 Å². The Morgan fingerprint density at radius 2 is 2.24 bits per heavy atom. The zero-order valence-electron chi connectivity index (χ0n) is 16.5. The van der Waals surface area contributed by atoms with E-state index in [0.717, 1.165) is 28.1 Å². The molecule has 0 radical (unpaired) electrons. The van der Waals surface area contributed by atoms with Gasteiger partial charge in [-0.15, -0.1) is 11.3 Å². The molecule has 1 aliphatic carbocycles. The van der Waals surface area contributed by atoms with E-state index < -0.39 is 0 Å². The molecule has 1 amide bonds. The molecule has 152 valence electrons. The van der Waals surface area contributed by atoms with Gasteiger partial charge in [-0.2, -0.15) is 0 Å². The van der Waals surface area contributed by atoms with Gasteiger partial charge in [0, 0.05) is 15.3 Å². The van der Waals surface area contributed by atoms with Crippen LogP contribution < -0.4 is 10.1 Å². The lowest BCUT2D eigenvalue weighted by molar-refractivity contribution is -0.115. The predicted molar refractivity (Wildman–Crippen MR) is 121 cm³/mol. The zero-order valence-corrected chi connectivity index (χ0v) is 18.9. The van der Waals surface area contributed by atoms with Crippen molar-refractivity contribution in [2.45, 2.75) is 43.4 Å².